The van der Waals surface area contributed by atoms with E-state index in [2.05, 4.69) is 6.58 Å². The molecule has 2 aromatic carbocycles. The van der Waals surface area contributed by atoms with Gasteiger partial charge in [0, 0.05) is 16.8 Å². The van der Waals surface area contributed by atoms with Gasteiger partial charge in [0.2, 0.25) is 0 Å². The molecule has 0 radical (unpaired) electrons. The van der Waals surface area contributed by atoms with Crippen molar-refractivity contribution in [3.05, 3.63) is 48.6 Å². The van der Waals surface area contributed by atoms with Crippen molar-refractivity contribution < 1.29 is 28.8 Å². The Kier molecular flexibility index (Phi) is 7.92. The summed E-state index contributed by atoms with van der Waals surface area (Å²) in [5, 5.41) is 10.9. The molecule has 0 aliphatic heterocycles. The highest BCUT2D eigenvalue weighted by atomic mass is 16.6. The van der Waals surface area contributed by atoms with Crippen molar-refractivity contribution in [3.8, 4) is 11.5 Å². The van der Waals surface area contributed by atoms with Crippen LogP contribution in [0.5, 0.6) is 11.5 Å². The number of fused-ring (bicyclic) bond motifs is 1. The van der Waals surface area contributed by atoms with Gasteiger partial charge < -0.3 is 24.1 Å². The predicted molar refractivity (Wildman–Crippen MR) is 98.7 cm³/mol. The first-order chi connectivity index (χ1) is 12.7. The van der Waals surface area contributed by atoms with Gasteiger partial charge in [-0.15, -0.1) is 0 Å². The van der Waals surface area contributed by atoms with Gasteiger partial charge >= 0.3 is 5.97 Å². The fraction of sp³-hybridized carbons (Fsp3) is 0.350. The van der Waals surface area contributed by atoms with Crippen LogP contribution in [0.4, 0.5) is 0 Å². The number of aliphatic hydroxyl groups is 1. The van der Waals surface area contributed by atoms with Gasteiger partial charge in [0.1, 0.15) is 31.3 Å². The number of carbonyl (C=O) groups excluding carboxylic acids is 1. The van der Waals surface area contributed by atoms with Crippen LogP contribution in [-0.4, -0.2) is 50.7 Å². The molecular weight excluding hydrogens is 336 g/mol. The molecule has 2 rings (SSSR count). The number of hydrogen-bond acceptors (Lipinski definition) is 6. The number of benzene rings is 2. The third kappa shape index (κ3) is 5.47. The van der Waals surface area contributed by atoms with E-state index in [1.54, 1.807) is 0 Å². The Morgan fingerprint density at radius 2 is 1.81 bits per heavy atom. The van der Waals surface area contributed by atoms with Crippen LogP contribution in [0.2, 0.25) is 0 Å². The second kappa shape index (κ2) is 10.4. The number of hydrogen-bond donors (Lipinski definition) is 1. The van der Waals surface area contributed by atoms with Crippen LogP contribution in [0, 0.1) is 6.92 Å². The summed E-state index contributed by atoms with van der Waals surface area (Å²) >= 11 is 0. The van der Waals surface area contributed by atoms with Crippen LogP contribution in [0.25, 0.3) is 10.8 Å². The Morgan fingerprint density at radius 1 is 1.08 bits per heavy atom. The van der Waals surface area contributed by atoms with E-state index in [-0.39, 0.29) is 19.8 Å². The average Bonchev–Trinajstić information content (AvgIpc) is 2.66. The summed E-state index contributed by atoms with van der Waals surface area (Å²) in [6.07, 6.45) is 1.12. The third-order valence-corrected chi connectivity index (χ3v) is 3.60. The van der Waals surface area contributed by atoms with E-state index in [4.69, 9.17) is 24.1 Å². The number of carbonyl (C=O) groups is 1. The van der Waals surface area contributed by atoms with Gasteiger partial charge in [-0.1, -0.05) is 30.8 Å². The van der Waals surface area contributed by atoms with E-state index in [1.807, 2.05) is 37.3 Å². The fourth-order valence-electron chi connectivity index (χ4n) is 2.48. The molecule has 6 heteroatoms. The maximum absolute atomic E-state index is 10.9. The summed E-state index contributed by atoms with van der Waals surface area (Å²) in [5.41, 5.74) is 0.941. The second-order valence-electron chi connectivity index (χ2n) is 5.47. The first-order valence-corrected chi connectivity index (χ1v) is 8.43. The lowest BCUT2D eigenvalue weighted by Gasteiger charge is -2.16. The van der Waals surface area contributed by atoms with E-state index >= 15 is 0 Å². The summed E-state index contributed by atoms with van der Waals surface area (Å²) in [7, 11) is 0. The van der Waals surface area contributed by atoms with Gasteiger partial charge in [-0.2, -0.15) is 0 Å². The molecule has 0 heterocycles. The molecule has 0 saturated heterocycles. The lowest BCUT2D eigenvalue weighted by atomic mass is 10.0. The highest BCUT2D eigenvalue weighted by Crippen LogP contribution is 2.36. The van der Waals surface area contributed by atoms with Crippen LogP contribution in [0.3, 0.4) is 0 Å². The predicted octanol–water partition coefficient (Wildman–Crippen LogP) is 2.64. The first-order valence-electron chi connectivity index (χ1n) is 8.43. The van der Waals surface area contributed by atoms with E-state index in [9.17, 15) is 4.79 Å². The number of esters is 1. The lowest BCUT2D eigenvalue weighted by molar-refractivity contribution is -0.139. The van der Waals surface area contributed by atoms with Crippen LogP contribution in [0.15, 0.2) is 43.0 Å². The molecule has 0 saturated carbocycles. The highest BCUT2D eigenvalue weighted by Gasteiger charge is 2.11. The SMILES string of the molecule is C=CC(=O)OCCOCCOc1c(C)cc(OCCO)c2ccccc12. The van der Waals surface area contributed by atoms with Gasteiger partial charge in [0.25, 0.3) is 0 Å². The standard InChI is InChI=1S/C20H24O6/c1-3-19(22)25-12-10-23-11-13-26-20-15(2)14-18(24-9-8-21)16-6-4-5-7-17(16)20/h3-7,14,21H,1,8-13H2,2H3. The molecule has 0 fully saturated rings. The van der Waals surface area contributed by atoms with Crippen LogP contribution in [0.1, 0.15) is 5.56 Å². The van der Waals surface area contributed by atoms with Crippen molar-refractivity contribution in [3.63, 3.8) is 0 Å². The Labute approximate surface area is 152 Å². The van der Waals surface area contributed by atoms with Crippen molar-refractivity contribution in [2.75, 3.05) is 39.6 Å². The Balaban J connectivity index is 1.94. The number of aliphatic hydroxyl groups excluding tert-OH is 1. The molecule has 26 heavy (non-hydrogen) atoms. The fourth-order valence-corrected chi connectivity index (χ4v) is 2.48. The Morgan fingerprint density at radius 3 is 2.54 bits per heavy atom. The van der Waals surface area contributed by atoms with Crippen molar-refractivity contribution in [1.82, 2.24) is 0 Å². The van der Waals surface area contributed by atoms with E-state index in [0.29, 0.717) is 19.8 Å². The van der Waals surface area contributed by atoms with Crippen LogP contribution in [-0.2, 0) is 14.3 Å². The normalized spacial score (nSPS) is 10.5. The molecule has 0 bridgehead atoms. The number of aryl methyl sites for hydroxylation is 1. The van der Waals surface area contributed by atoms with Gasteiger partial charge in [-0.3, -0.25) is 0 Å². The van der Waals surface area contributed by atoms with Gasteiger partial charge in [0.05, 0.1) is 19.8 Å². The zero-order valence-corrected chi connectivity index (χ0v) is 14.9. The minimum absolute atomic E-state index is 0.0366. The summed E-state index contributed by atoms with van der Waals surface area (Å²) in [6.45, 7) is 6.71. The summed E-state index contributed by atoms with van der Waals surface area (Å²) < 4.78 is 21.7. The average molecular weight is 360 g/mol. The zero-order chi connectivity index (χ0) is 18.8. The van der Waals surface area contributed by atoms with Crippen molar-refractivity contribution in [2.24, 2.45) is 0 Å². The molecule has 2 aromatic rings. The number of ether oxygens (including phenoxy) is 4. The zero-order valence-electron chi connectivity index (χ0n) is 14.9. The minimum Gasteiger partial charge on any atom is -0.491 e. The summed E-state index contributed by atoms with van der Waals surface area (Å²) in [5.74, 6) is 1.04. The quantitative estimate of drug-likeness (QED) is 0.377. The van der Waals surface area contributed by atoms with Crippen LogP contribution < -0.4 is 9.47 Å². The molecule has 0 spiro atoms. The molecule has 140 valence electrons. The smallest absolute Gasteiger partial charge is 0.330 e. The molecule has 6 nitrogen and oxygen atoms in total. The lowest BCUT2D eigenvalue weighted by Crippen LogP contribution is -2.13. The van der Waals surface area contributed by atoms with Crippen molar-refractivity contribution in [1.29, 1.82) is 0 Å². The van der Waals surface area contributed by atoms with E-state index in [1.165, 1.54) is 0 Å². The Bertz CT molecular complexity index is 740. The first kappa shape index (κ1) is 19.8. The molecule has 0 aliphatic rings. The molecule has 0 amide bonds. The largest absolute Gasteiger partial charge is 0.491 e. The molecule has 0 unspecified atom stereocenters. The second-order valence-corrected chi connectivity index (χ2v) is 5.47. The van der Waals surface area contributed by atoms with Crippen LogP contribution >= 0.6 is 0 Å². The molecule has 0 aromatic heterocycles. The Hall–Kier alpha value is -2.57. The molecule has 0 atom stereocenters. The van der Waals surface area contributed by atoms with Crippen molar-refractivity contribution in [2.45, 2.75) is 6.92 Å². The molecule has 0 aliphatic carbocycles. The van der Waals surface area contributed by atoms with Gasteiger partial charge in [0.15, 0.2) is 0 Å². The summed E-state index contributed by atoms with van der Waals surface area (Å²) in [6, 6.07) is 9.70. The topological polar surface area (TPSA) is 74.2 Å². The van der Waals surface area contributed by atoms with Gasteiger partial charge in [-0.25, -0.2) is 4.79 Å². The molecular formula is C20H24O6. The van der Waals surface area contributed by atoms with Gasteiger partial charge in [-0.05, 0) is 18.6 Å². The van der Waals surface area contributed by atoms with Crippen molar-refractivity contribution >= 4 is 16.7 Å². The minimum atomic E-state index is -0.463. The third-order valence-electron chi connectivity index (χ3n) is 3.60. The summed E-state index contributed by atoms with van der Waals surface area (Å²) in [4.78, 5) is 10.9. The van der Waals surface area contributed by atoms with E-state index < -0.39 is 5.97 Å². The monoisotopic (exact) mass is 360 g/mol. The maximum atomic E-state index is 10.9. The highest BCUT2D eigenvalue weighted by molar-refractivity contribution is 5.94. The van der Waals surface area contributed by atoms with E-state index in [0.717, 1.165) is 33.9 Å². The number of rotatable bonds is 11. The maximum Gasteiger partial charge on any atom is 0.330 e. The molecule has 1 N–H and O–H groups in total.